The Hall–Kier alpha value is -1.30. The maximum atomic E-state index is 11.0. The normalized spacial score (nSPS) is 13.7. The van der Waals surface area contributed by atoms with E-state index in [9.17, 15) is 29.4 Å². The van der Waals surface area contributed by atoms with Gasteiger partial charge in [0.25, 0.3) is 10.2 Å². The minimum atomic E-state index is -5.09. The lowest BCUT2D eigenvalue weighted by atomic mass is 10.2. The molecule has 14 nitrogen and oxygen atoms in total. The van der Waals surface area contributed by atoms with Gasteiger partial charge in [-0.2, -0.15) is 0 Å². The van der Waals surface area contributed by atoms with Crippen LogP contribution in [0.4, 0.5) is 0 Å². The van der Waals surface area contributed by atoms with Crippen LogP contribution in [0.25, 0.3) is 0 Å². The third kappa shape index (κ3) is 8.87. The van der Waals surface area contributed by atoms with E-state index in [1.165, 1.54) is 0 Å². The van der Waals surface area contributed by atoms with E-state index in [2.05, 4.69) is 9.68 Å². The predicted octanol–water partition coefficient (Wildman–Crippen LogP) is -0.377. The summed E-state index contributed by atoms with van der Waals surface area (Å²) in [5.41, 5.74) is 0. The summed E-state index contributed by atoms with van der Waals surface area (Å²) in [7, 11) is -10.2. The van der Waals surface area contributed by atoms with Crippen molar-refractivity contribution in [1.29, 1.82) is 0 Å². The second-order valence-corrected chi connectivity index (χ2v) is 8.07. The van der Waals surface area contributed by atoms with Crippen molar-refractivity contribution in [3.63, 3.8) is 0 Å². The number of nitrogens with zero attached hydrogens (tertiary/aromatic N) is 2. The average Bonchev–Trinajstić information content (AvgIpc) is 2.26. The molecule has 0 heterocycles. The zero-order valence-corrected chi connectivity index (χ0v) is 12.6. The maximum absolute atomic E-state index is 11.0. The van der Waals surface area contributed by atoms with Gasteiger partial charge < -0.3 is 29.2 Å². The van der Waals surface area contributed by atoms with Gasteiger partial charge in [0, 0.05) is 0 Å². The van der Waals surface area contributed by atoms with Gasteiger partial charge in [-0.05, 0) is 19.3 Å². The van der Waals surface area contributed by atoms with Crippen LogP contribution in [0.15, 0.2) is 0 Å². The van der Waals surface area contributed by atoms with Crippen LogP contribution in [-0.2, 0) is 18.8 Å². The first-order chi connectivity index (χ1) is 9.84. The van der Waals surface area contributed by atoms with Gasteiger partial charge in [0.15, 0.2) is 5.40 Å². The smallest absolute Gasteiger partial charge is 0.324 e. The molecular weight excluding hydrogens is 354 g/mol. The van der Waals surface area contributed by atoms with Crippen molar-refractivity contribution < 1.29 is 48.6 Å². The van der Waals surface area contributed by atoms with Crippen molar-refractivity contribution in [2.24, 2.45) is 0 Å². The van der Waals surface area contributed by atoms with Gasteiger partial charge in [-0.15, -0.1) is 20.2 Å². The molecule has 0 amide bonds. The highest BCUT2D eigenvalue weighted by atomic mass is 31.2. The molecule has 0 aliphatic heterocycles. The lowest BCUT2D eigenvalue weighted by Gasteiger charge is -2.20. The van der Waals surface area contributed by atoms with Gasteiger partial charge in [-0.25, -0.2) is 0 Å². The molecule has 22 heavy (non-hydrogen) atoms. The number of rotatable bonds is 11. The van der Waals surface area contributed by atoms with Gasteiger partial charge in [0.2, 0.25) is 0 Å². The van der Waals surface area contributed by atoms with E-state index in [-0.39, 0.29) is 12.8 Å². The van der Waals surface area contributed by atoms with Crippen molar-refractivity contribution in [3.05, 3.63) is 20.2 Å². The van der Waals surface area contributed by atoms with Crippen molar-refractivity contribution in [2.75, 3.05) is 6.61 Å². The fourth-order valence-electron chi connectivity index (χ4n) is 1.49. The summed E-state index contributed by atoms with van der Waals surface area (Å²) in [4.78, 5) is 63.6. The van der Waals surface area contributed by atoms with Gasteiger partial charge >= 0.3 is 15.2 Å². The van der Waals surface area contributed by atoms with E-state index < -0.39 is 49.9 Å². The summed E-state index contributed by atoms with van der Waals surface area (Å²) in [6.07, 6.45) is -2.73. The highest BCUT2D eigenvalue weighted by molar-refractivity contribution is 7.70. The van der Waals surface area contributed by atoms with Crippen molar-refractivity contribution in [3.8, 4) is 0 Å². The van der Waals surface area contributed by atoms with E-state index in [1.807, 2.05) is 0 Å². The third-order valence-electron chi connectivity index (χ3n) is 2.37. The molecule has 0 rings (SSSR count). The van der Waals surface area contributed by atoms with Crippen LogP contribution in [-0.4, -0.2) is 47.9 Å². The van der Waals surface area contributed by atoms with Crippen LogP contribution in [0.2, 0.25) is 0 Å². The molecular formula is C6H14N2O12P2. The van der Waals surface area contributed by atoms with Gasteiger partial charge in [0.05, 0.1) is 0 Å². The predicted molar refractivity (Wildman–Crippen MR) is 66.5 cm³/mol. The van der Waals surface area contributed by atoms with Gasteiger partial charge in [-0.3, -0.25) is 9.13 Å². The first-order valence-electron chi connectivity index (χ1n) is 5.53. The molecule has 0 spiro atoms. The van der Waals surface area contributed by atoms with Crippen LogP contribution in [0.3, 0.4) is 0 Å². The summed E-state index contributed by atoms with van der Waals surface area (Å²) in [6.45, 7) is -0.815. The maximum Gasteiger partial charge on any atom is 0.340 e. The van der Waals surface area contributed by atoms with Crippen molar-refractivity contribution in [1.82, 2.24) is 0 Å². The molecule has 0 aromatic rings. The summed E-state index contributed by atoms with van der Waals surface area (Å²) < 4.78 is 22.0. The third-order valence-corrected chi connectivity index (χ3v) is 6.24. The number of hydrogen-bond donors (Lipinski definition) is 4. The van der Waals surface area contributed by atoms with E-state index >= 15 is 0 Å². The summed E-state index contributed by atoms with van der Waals surface area (Å²) >= 11 is 0. The Labute approximate surface area is 122 Å². The van der Waals surface area contributed by atoms with Gasteiger partial charge in [-0.1, -0.05) is 0 Å². The lowest BCUT2D eigenvalue weighted by molar-refractivity contribution is -0.790. The molecule has 0 aliphatic rings. The fraction of sp³-hybridized carbons (Fsp3) is 1.00. The zero-order chi connectivity index (χ0) is 17.6. The Morgan fingerprint density at radius 1 is 0.955 bits per heavy atom. The molecule has 4 N–H and O–H groups in total. The summed E-state index contributed by atoms with van der Waals surface area (Å²) in [6, 6.07) is 0. The standard InChI is InChI=1S/C6H14N2O12P2/c9-7(10)19-4-5(20-8(11)12)2-1-3-6(21(13,14)15)22(16,17)18/h5-6H,1-4H2,(H2,13,14,15)(H2,16,17,18). The average molecular weight is 368 g/mol. The van der Waals surface area contributed by atoms with Gasteiger partial charge in [0.1, 0.15) is 12.7 Å². The Kier molecular flexibility index (Phi) is 7.87. The molecule has 0 aromatic carbocycles. The Bertz CT molecular complexity index is 462. The molecule has 1 atom stereocenters. The van der Waals surface area contributed by atoms with Crippen LogP contribution in [0, 0.1) is 20.2 Å². The fourth-order valence-corrected chi connectivity index (χ4v) is 4.10. The van der Waals surface area contributed by atoms with E-state index in [0.29, 0.717) is 0 Å². The van der Waals surface area contributed by atoms with Crippen LogP contribution in [0.5, 0.6) is 0 Å². The Balaban J connectivity index is 4.63. The molecule has 0 saturated heterocycles. The Morgan fingerprint density at radius 2 is 1.45 bits per heavy atom. The first-order valence-corrected chi connectivity index (χ1v) is 8.89. The monoisotopic (exact) mass is 368 g/mol. The van der Waals surface area contributed by atoms with Crippen molar-refractivity contribution in [2.45, 2.75) is 30.8 Å². The quantitative estimate of drug-likeness (QED) is 0.208. The molecule has 0 aliphatic carbocycles. The van der Waals surface area contributed by atoms with E-state index in [4.69, 9.17) is 19.6 Å². The largest absolute Gasteiger partial charge is 0.340 e. The van der Waals surface area contributed by atoms with Crippen LogP contribution in [0.1, 0.15) is 19.3 Å². The minimum absolute atomic E-state index is 0.305. The molecule has 0 fully saturated rings. The van der Waals surface area contributed by atoms with E-state index in [1.54, 1.807) is 0 Å². The Morgan fingerprint density at radius 3 is 1.82 bits per heavy atom. The molecule has 16 heteroatoms. The summed E-state index contributed by atoms with van der Waals surface area (Å²) in [5, 5.41) is 15.5. The highest BCUT2D eigenvalue weighted by Crippen LogP contribution is 2.61. The summed E-state index contributed by atoms with van der Waals surface area (Å²) in [5.74, 6) is 0. The lowest BCUT2D eigenvalue weighted by Crippen LogP contribution is -2.25. The molecule has 0 radical (unpaired) electrons. The highest BCUT2D eigenvalue weighted by Gasteiger charge is 2.42. The second-order valence-electron chi connectivity index (χ2n) is 4.06. The SMILES string of the molecule is O=[N+]([O-])OCC(CCCC(P(=O)(O)O)P(=O)(O)O)O[N+](=O)[O-]. The van der Waals surface area contributed by atoms with E-state index in [0.717, 1.165) is 0 Å². The number of hydrogen-bond acceptors (Lipinski definition) is 8. The molecule has 130 valence electrons. The second kappa shape index (κ2) is 8.36. The van der Waals surface area contributed by atoms with Crippen molar-refractivity contribution >= 4 is 15.2 Å². The van der Waals surface area contributed by atoms with Crippen LogP contribution < -0.4 is 0 Å². The molecule has 1 unspecified atom stereocenters. The molecule has 0 aromatic heterocycles. The topological polar surface area (TPSA) is 220 Å². The van der Waals surface area contributed by atoms with Crippen LogP contribution >= 0.6 is 15.2 Å². The minimum Gasteiger partial charge on any atom is -0.324 e. The molecule has 0 bridgehead atoms. The first kappa shape index (κ1) is 20.7. The zero-order valence-electron chi connectivity index (χ0n) is 10.8. The molecule has 0 saturated carbocycles.